The molecule has 2 N–H and O–H groups in total. The number of rotatable bonds is 6. The van der Waals surface area contributed by atoms with Crippen LogP contribution < -0.4 is 24.8 Å². The number of carbonyl (C=O) groups excluding carboxylic acids is 3. The topological polar surface area (TPSA) is 112 Å². The minimum Gasteiger partial charge on any atom is -0.493 e. The molecule has 1 aromatic rings. The summed E-state index contributed by atoms with van der Waals surface area (Å²) in [5.41, 5.74) is 0.0507. The summed E-state index contributed by atoms with van der Waals surface area (Å²) in [5, 5.41) is 4.23. The fourth-order valence-electron chi connectivity index (χ4n) is 1.82. The summed E-state index contributed by atoms with van der Waals surface area (Å²) in [4.78, 5) is 35.1. The third-order valence-electron chi connectivity index (χ3n) is 3.04. The van der Waals surface area contributed by atoms with Crippen LogP contribution >= 0.6 is 0 Å². The fraction of sp³-hybridized carbons (Fsp3) is 0.400. The van der Waals surface area contributed by atoms with E-state index in [0.717, 1.165) is 0 Å². The van der Waals surface area contributed by atoms with E-state index in [1.54, 1.807) is 0 Å². The van der Waals surface area contributed by atoms with Gasteiger partial charge in [-0.15, -0.1) is 0 Å². The minimum absolute atomic E-state index is 0.0507. The molecule has 3 amide bonds. The third-order valence-corrected chi connectivity index (χ3v) is 3.04. The molecule has 0 unspecified atom stereocenters. The Hall–Kier alpha value is -2.97. The summed E-state index contributed by atoms with van der Waals surface area (Å²) in [5.74, 6) is -0.872. The molecule has 0 radical (unpaired) electrons. The van der Waals surface area contributed by atoms with Crippen LogP contribution in [0.4, 0.5) is 4.79 Å². The third kappa shape index (κ3) is 4.28. The molecule has 1 rings (SSSR count). The fourth-order valence-corrected chi connectivity index (χ4v) is 1.82. The van der Waals surface area contributed by atoms with Gasteiger partial charge in [0.05, 0.1) is 21.3 Å². The van der Waals surface area contributed by atoms with Crippen LogP contribution in [0.25, 0.3) is 0 Å². The molecule has 1 aromatic carbocycles. The largest absolute Gasteiger partial charge is 0.493 e. The normalized spacial score (nSPS) is 11.0. The molecule has 0 saturated heterocycles. The minimum atomic E-state index is -1.19. The van der Waals surface area contributed by atoms with E-state index in [-0.39, 0.29) is 17.1 Å². The molecule has 1 atom stereocenters. The molecule has 0 heterocycles. The predicted octanol–water partition coefficient (Wildman–Crippen LogP) is 0.713. The maximum atomic E-state index is 12.3. The van der Waals surface area contributed by atoms with Gasteiger partial charge in [-0.05, 0) is 19.1 Å². The molecule has 0 bridgehead atoms. The Morgan fingerprint density at radius 2 is 1.62 bits per heavy atom. The van der Waals surface area contributed by atoms with Gasteiger partial charge < -0.3 is 24.3 Å². The molecule has 0 saturated carbocycles. The van der Waals surface area contributed by atoms with Gasteiger partial charge in [-0.25, -0.2) is 9.59 Å². The second kappa shape index (κ2) is 8.61. The van der Waals surface area contributed by atoms with Crippen molar-refractivity contribution in [2.75, 3.05) is 28.4 Å². The van der Waals surface area contributed by atoms with Crippen molar-refractivity contribution in [3.8, 4) is 17.2 Å². The van der Waals surface area contributed by atoms with E-state index in [2.05, 4.69) is 5.32 Å². The van der Waals surface area contributed by atoms with E-state index >= 15 is 0 Å². The Labute approximate surface area is 139 Å². The van der Waals surface area contributed by atoms with Gasteiger partial charge in [-0.1, -0.05) is 0 Å². The van der Waals surface area contributed by atoms with E-state index < -0.39 is 24.0 Å². The van der Waals surface area contributed by atoms with Crippen molar-refractivity contribution >= 4 is 17.9 Å². The molecule has 0 aliphatic heterocycles. The monoisotopic (exact) mass is 340 g/mol. The Kier molecular flexibility index (Phi) is 6.84. The number of hydrogen-bond acceptors (Lipinski definition) is 7. The van der Waals surface area contributed by atoms with Gasteiger partial charge in [-0.2, -0.15) is 0 Å². The second-order valence-electron chi connectivity index (χ2n) is 4.50. The van der Waals surface area contributed by atoms with Crippen LogP contribution in [0.15, 0.2) is 12.1 Å². The summed E-state index contributed by atoms with van der Waals surface area (Å²) in [6, 6.07) is 2.23. The van der Waals surface area contributed by atoms with Crippen LogP contribution in [0.5, 0.6) is 17.2 Å². The lowest BCUT2D eigenvalue weighted by Crippen LogP contribution is -2.43. The van der Waals surface area contributed by atoms with Gasteiger partial charge in [0.2, 0.25) is 5.75 Å². The van der Waals surface area contributed by atoms with Crippen LogP contribution in [0, 0.1) is 0 Å². The molecule has 0 aliphatic rings. The molecule has 132 valence electrons. The highest BCUT2D eigenvalue weighted by atomic mass is 16.6. The molecule has 9 heteroatoms. The number of ether oxygens (including phenoxy) is 4. The Balaban J connectivity index is 2.99. The predicted molar refractivity (Wildman–Crippen MR) is 83.6 cm³/mol. The lowest BCUT2D eigenvalue weighted by molar-refractivity contribution is -0.127. The lowest BCUT2D eigenvalue weighted by atomic mass is 10.1. The zero-order valence-electron chi connectivity index (χ0n) is 14.1. The summed E-state index contributed by atoms with van der Waals surface area (Å²) < 4.78 is 20.5. The first-order valence-electron chi connectivity index (χ1n) is 6.92. The van der Waals surface area contributed by atoms with E-state index in [9.17, 15) is 14.4 Å². The van der Waals surface area contributed by atoms with E-state index in [1.165, 1.54) is 47.4 Å². The number of hydrogen-bond donors (Lipinski definition) is 2. The average molecular weight is 340 g/mol. The highest BCUT2D eigenvalue weighted by Gasteiger charge is 2.25. The number of urea groups is 1. The molecular weight excluding hydrogens is 320 g/mol. The standard InChI is InChI=1S/C15H20N2O7/c1-8(13(18)17-15(20)16-2)24-14(19)9-6-7-10(21-3)12(23-5)11(9)22-4/h6-8H,1-5H3,(H2,16,17,18,20)/t8-/m0/s1. The van der Waals surface area contributed by atoms with Crippen molar-refractivity contribution in [3.63, 3.8) is 0 Å². The highest BCUT2D eigenvalue weighted by molar-refractivity contribution is 5.99. The number of imide groups is 1. The molecule has 0 aliphatic carbocycles. The van der Waals surface area contributed by atoms with Crippen LogP contribution in [0.1, 0.15) is 17.3 Å². The highest BCUT2D eigenvalue weighted by Crippen LogP contribution is 2.40. The van der Waals surface area contributed by atoms with Crippen LogP contribution in [0.2, 0.25) is 0 Å². The van der Waals surface area contributed by atoms with Gasteiger partial charge in [0.1, 0.15) is 5.56 Å². The smallest absolute Gasteiger partial charge is 0.342 e. The maximum Gasteiger partial charge on any atom is 0.342 e. The van der Waals surface area contributed by atoms with Gasteiger partial charge in [-0.3, -0.25) is 10.1 Å². The Morgan fingerprint density at radius 1 is 1.00 bits per heavy atom. The first-order chi connectivity index (χ1) is 11.4. The SMILES string of the molecule is CNC(=O)NC(=O)[C@H](C)OC(=O)c1ccc(OC)c(OC)c1OC. The van der Waals surface area contributed by atoms with Crippen LogP contribution in [-0.4, -0.2) is 52.4 Å². The first kappa shape index (κ1) is 19.1. The number of nitrogens with one attached hydrogen (secondary N) is 2. The number of methoxy groups -OCH3 is 3. The molecular formula is C15H20N2O7. The van der Waals surface area contributed by atoms with Crippen LogP contribution in [0.3, 0.4) is 0 Å². The number of amides is 3. The summed E-state index contributed by atoms with van der Waals surface area (Å²) in [6.45, 7) is 1.34. The zero-order valence-corrected chi connectivity index (χ0v) is 14.1. The van der Waals surface area contributed by atoms with E-state index in [1.807, 2.05) is 5.32 Å². The number of carbonyl (C=O) groups is 3. The Bertz CT molecular complexity index is 630. The molecule has 9 nitrogen and oxygen atoms in total. The van der Waals surface area contributed by atoms with Crippen molar-refractivity contribution in [2.24, 2.45) is 0 Å². The molecule has 0 spiro atoms. The van der Waals surface area contributed by atoms with Gasteiger partial charge in [0.25, 0.3) is 5.91 Å². The van der Waals surface area contributed by atoms with Crippen molar-refractivity contribution in [1.29, 1.82) is 0 Å². The van der Waals surface area contributed by atoms with Crippen molar-refractivity contribution in [1.82, 2.24) is 10.6 Å². The van der Waals surface area contributed by atoms with E-state index in [4.69, 9.17) is 18.9 Å². The van der Waals surface area contributed by atoms with E-state index in [0.29, 0.717) is 5.75 Å². The summed E-state index contributed by atoms with van der Waals surface area (Å²) >= 11 is 0. The zero-order chi connectivity index (χ0) is 18.3. The first-order valence-corrected chi connectivity index (χ1v) is 6.92. The number of esters is 1. The van der Waals surface area contributed by atoms with Crippen molar-refractivity contribution in [2.45, 2.75) is 13.0 Å². The Morgan fingerprint density at radius 3 is 2.12 bits per heavy atom. The maximum absolute atomic E-state index is 12.3. The molecule has 0 fully saturated rings. The van der Waals surface area contributed by atoms with Gasteiger partial charge >= 0.3 is 12.0 Å². The quantitative estimate of drug-likeness (QED) is 0.734. The summed E-state index contributed by atoms with van der Waals surface area (Å²) in [6.07, 6.45) is -1.19. The second-order valence-corrected chi connectivity index (χ2v) is 4.50. The lowest BCUT2D eigenvalue weighted by Gasteiger charge is -2.17. The van der Waals surface area contributed by atoms with Gasteiger partial charge in [0, 0.05) is 7.05 Å². The number of benzene rings is 1. The van der Waals surface area contributed by atoms with Crippen molar-refractivity contribution in [3.05, 3.63) is 17.7 Å². The van der Waals surface area contributed by atoms with Crippen molar-refractivity contribution < 1.29 is 33.3 Å². The van der Waals surface area contributed by atoms with Gasteiger partial charge in [0.15, 0.2) is 17.6 Å². The molecule has 24 heavy (non-hydrogen) atoms. The molecule has 0 aromatic heterocycles. The van der Waals surface area contributed by atoms with Crippen LogP contribution in [-0.2, 0) is 9.53 Å². The average Bonchev–Trinajstić information content (AvgIpc) is 2.59. The summed E-state index contributed by atoms with van der Waals surface area (Å²) in [7, 11) is 5.55.